The Hall–Kier alpha value is -3.83. The van der Waals surface area contributed by atoms with Crippen LogP contribution in [0.4, 0.5) is 26.7 Å². The molecule has 2 aromatic carbocycles. The van der Waals surface area contributed by atoms with Gasteiger partial charge in [-0.25, -0.2) is 26.8 Å². The maximum atomic E-state index is 14.3. The molecule has 0 bridgehead atoms. The van der Waals surface area contributed by atoms with Gasteiger partial charge in [0, 0.05) is 25.6 Å². The number of rotatable bonds is 20. The molecular formula is C36H48F5N3O8S. The molecule has 1 heterocycles. The van der Waals surface area contributed by atoms with Gasteiger partial charge in [-0.15, -0.1) is 0 Å². The maximum Gasteiger partial charge on any atom is 0.490 e. The van der Waals surface area contributed by atoms with Crippen molar-refractivity contribution in [2.24, 2.45) is 0 Å². The molecule has 296 valence electrons. The van der Waals surface area contributed by atoms with Crippen molar-refractivity contribution in [2.45, 2.75) is 108 Å². The Morgan fingerprint density at radius 2 is 1.60 bits per heavy atom. The van der Waals surface area contributed by atoms with Crippen molar-refractivity contribution in [1.82, 2.24) is 16.0 Å². The van der Waals surface area contributed by atoms with Crippen molar-refractivity contribution in [3.8, 4) is 0 Å². The summed E-state index contributed by atoms with van der Waals surface area (Å²) in [7, 11) is -4.08. The molecule has 1 aliphatic rings. The van der Waals surface area contributed by atoms with E-state index in [9.17, 15) is 44.8 Å². The van der Waals surface area contributed by atoms with Crippen LogP contribution in [0.5, 0.6) is 0 Å². The van der Waals surface area contributed by atoms with E-state index in [0.29, 0.717) is 38.4 Å². The van der Waals surface area contributed by atoms with Gasteiger partial charge in [0.1, 0.15) is 29.9 Å². The van der Waals surface area contributed by atoms with E-state index in [1.54, 1.807) is 26.0 Å². The number of carbonyl (C=O) groups is 3. The summed E-state index contributed by atoms with van der Waals surface area (Å²) in [4.78, 5) is 39.2. The summed E-state index contributed by atoms with van der Waals surface area (Å²) >= 11 is 0. The van der Waals surface area contributed by atoms with Gasteiger partial charge in [0.25, 0.3) is 0 Å². The van der Waals surface area contributed by atoms with Gasteiger partial charge in [-0.05, 0) is 54.5 Å². The third-order valence-electron chi connectivity index (χ3n) is 8.62. The summed E-state index contributed by atoms with van der Waals surface area (Å²) in [6.45, 7) is 5.51. The third-order valence-corrected chi connectivity index (χ3v) is 10.9. The van der Waals surface area contributed by atoms with E-state index < -0.39 is 93.9 Å². The molecule has 3 rings (SSSR count). The Morgan fingerprint density at radius 1 is 0.943 bits per heavy atom. The highest BCUT2D eigenvalue weighted by Gasteiger charge is 2.44. The zero-order valence-corrected chi connectivity index (χ0v) is 30.8. The zero-order chi connectivity index (χ0) is 39.2. The lowest BCUT2D eigenvalue weighted by Crippen LogP contribution is -2.58. The number of alkyl carbamates (subject to hydrolysis) is 1. The molecule has 1 fully saturated rings. The van der Waals surface area contributed by atoms with Crippen LogP contribution in [0, 0.1) is 11.6 Å². The molecule has 0 aromatic heterocycles. The predicted molar refractivity (Wildman–Crippen MR) is 185 cm³/mol. The second-order valence-corrected chi connectivity index (χ2v) is 15.3. The predicted octanol–water partition coefficient (Wildman–Crippen LogP) is 5.09. The number of esters is 1. The monoisotopic (exact) mass is 777 g/mol. The summed E-state index contributed by atoms with van der Waals surface area (Å²) in [5, 5.41) is 6.75. The topological polar surface area (TPSA) is 149 Å². The lowest BCUT2D eigenvalue weighted by atomic mass is 9.99. The molecule has 0 saturated carbocycles. The van der Waals surface area contributed by atoms with Gasteiger partial charge in [-0.1, -0.05) is 57.9 Å². The SMILES string of the molecule is CCCC(CCC)S(=O)(=O)C[C@@H](NC(=O)O[C@H]1CCOC1)C(=O)N[C@@H](Cc1cc(F)cc(F)c1)[C@@H](CNCc1cccc(CC)c1)OC(=O)C(F)(F)F. The van der Waals surface area contributed by atoms with Crippen LogP contribution in [0.1, 0.15) is 69.6 Å². The molecule has 0 radical (unpaired) electrons. The van der Waals surface area contributed by atoms with Gasteiger partial charge in [-0.2, -0.15) is 13.2 Å². The first kappa shape index (κ1) is 43.6. The van der Waals surface area contributed by atoms with E-state index in [-0.39, 0.29) is 31.6 Å². The van der Waals surface area contributed by atoms with E-state index in [1.165, 1.54) is 0 Å². The lowest BCUT2D eigenvalue weighted by Gasteiger charge is -2.31. The van der Waals surface area contributed by atoms with Gasteiger partial charge in [-0.3, -0.25) is 4.79 Å². The summed E-state index contributed by atoms with van der Waals surface area (Å²) in [6, 6.07) is 6.17. The highest BCUT2D eigenvalue weighted by atomic mass is 32.2. The largest absolute Gasteiger partial charge is 0.490 e. The number of halogens is 5. The molecule has 17 heteroatoms. The van der Waals surface area contributed by atoms with E-state index in [0.717, 1.165) is 23.3 Å². The number of benzene rings is 2. The third kappa shape index (κ3) is 14.5. The number of sulfone groups is 1. The van der Waals surface area contributed by atoms with Crippen LogP contribution in [-0.2, 0) is 53.0 Å². The van der Waals surface area contributed by atoms with Crippen molar-refractivity contribution in [3.63, 3.8) is 0 Å². The zero-order valence-electron chi connectivity index (χ0n) is 30.0. The van der Waals surface area contributed by atoms with Gasteiger partial charge < -0.3 is 30.2 Å². The van der Waals surface area contributed by atoms with Crippen LogP contribution in [-0.4, -0.2) is 87.6 Å². The van der Waals surface area contributed by atoms with E-state index in [2.05, 4.69) is 16.0 Å². The quantitative estimate of drug-likeness (QED) is 0.124. The van der Waals surface area contributed by atoms with Crippen molar-refractivity contribution in [3.05, 3.63) is 70.8 Å². The van der Waals surface area contributed by atoms with Crippen LogP contribution in [0.3, 0.4) is 0 Å². The molecule has 0 spiro atoms. The second-order valence-electron chi connectivity index (χ2n) is 13.0. The standard InChI is InChI=1S/C36H48F5N3O8S/c1-4-8-29(9-5-2)53(48,49)22-31(44-35(47)51-28-12-13-50-21-28)33(45)43-30(17-25-15-26(37)18-27(38)16-25)32(52-34(46)36(39,40)41)20-42-19-24-11-7-10-23(6-3)14-24/h7,10-11,14-16,18,28-32,42H,4-6,8-9,12-13,17,19-22H2,1-3H3,(H,43,45)(H,44,47)/t28-,30-,31+,32+/m0/s1. The van der Waals surface area contributed by atoms with Gasteiger partial charge in [0.2, 0.25) is 5.91 Å². The van der Waals surface area contributed by atoms with Gasteiger partial charge in [0.15, 0.2) is 9.84 Å². The van der Waals surface area contributed by atoms with E-state index in [1.807, 2.05) is 19.1 Å². The van der Waals surface area contributed by atoms with Crippen LogP contribution in [0.2, 0.25) is 0 Å². The fourth-order valence-corrected chi connectivity index (χ4v) is 8.12. The second kappa shape index (κ2) is 20.6. The first-order valence-electron chi connectivity index (χ1n) is 17.6. The average molecular weight is 778 g/mol. The molecule has 0 unspecified atom stereocenters. The van der Waals surface area contributed by atoms with E-state index >= 15 is 0 Å². The minimum absolute atomic E-state index is 0.0753. The fourth-order valence-electron chi connectivity index (χ4n) is 5.96. The number of amides is 2. The van der Waals surface area contributed by atoms with Gasteiger partial charge in [0.05, 0.1) is 30.3 Å². The number of nitrogens with one attached hydrogen (secondary N) is 3. The summed E-state index contributed by atoms with van der Waals surface area (Å²) in [5.74, 6) is -6.72. The smallest absolute Gasteiger partial charge is 0.452 e. The van der Waals surface area contributed by atoms with Gasteiger partial charge >= 0.3 is 18.2 Å². The Bertz CT molecular complexity index is 1600. The number of carbonyl (C=O) groups excluding carboxylic acids is 3. The number of aryl methyl sites for hydroxylation is 1. The number of ether oxygens (including phenoxy) is 3. The summed E-state index contributed by atoms with van der Waals surface area (Å²) < 4.78 is 112. The van der Waals surface area contributed by atoms with Crippen molar-refractivity contribution >= 4 is 27.8 Å². The number of alkyl halides is 3. The van der Waals surface area contributed by atoms with Crippen molar-refractivity contribution in [1.29, 1.82) is 0 Å². The minimum Gasteiger partial charge on any atom is -0.452 e. The molecule has 1 saturated heterocycles. The summed E-state index contributed by atoms with van der Waals surface area (Å²) in [5.41, 5.74) is 1.60. The van der Waals surface area contributed by atoms with E-state index in [4.69, 9.17) is 14.2 Å². The van der Waals surface area contributed by atoms with Crippen molar-refractivity contribution < 1.29 is 59.0 Å². The normalized spacial score (nSPS) is 16.5. The maximum absolute atomic E-state index is 14.3. The Morgan fingerprint density at radius 3 is 2.19 bits per heavy atom. The Labute approximate surface area is 306 Å². The number of hydrogen-bond donors (Lipinski definition) is 3. The summed E-state index contributed by atoms with van der Waals surface area (Å²) in [6.07, 6.45) is -7.04. The number of hydrogen-bond acceptors (Lipinski definition) is 9. The fraction of sp³-hybridized carbons (Fsp3) is 0.583. The molecule has 1 aliphatic heterocycles. The lowest BCUT2D eigenvalue weighted by molar-refractivity contribution is -0.206. The van der Waals surface area contributed by atoms with Crippen molar-refractivity contribution in [2.75, 3.05) is 25.5 Å². The Balaban J connectivity index is 2.00. The average Bonchev–Trinajstić information content (AvgIpc) is 3.59. The molecule has 11 nitrogen and oxygen atoms in total. The molecule has 4 atom stereocenters. The molecule has 2 amide bonds. The molecule has 0 aliphatic carbocycles. The molecule has 2 aromatic rings. The first-order valence-corrected chi connectivity index (χ1v) is 19.3. The molecule has 3 N–H and O–H groups in total. The van der Waals surface area contributed by atoms with Crippen LogP contribution < -0.4 is 16.0 Å². The molecule has 53 heavy (non-hydrogen) atoms. The van der Waals surface area contributed by atoms with Crippen LogP contribution in [0.15, 0.2) is 42.5 Å². The minimum atomic E-state index is -5.45. The Kier molecular flexibility index (Phi) is 16.9. The molecular weight excluding hydrogens is 729 g/mol. The van der Waals surface area contributed by atoms with Crippen LogP contribution in [0.25, 0.3) is 0 Å². The highest BCUT2D eigenvalue weighted by Crippen LogP contribution is 2.22. The van der Waals surface area contributed by atoms with Crippen LogP contribution >= 0.6 is 0 Å². The highest BCUT2D eigenvalue weighted by molar-refractivity contribution is 7.92. The first-order chi connectivity index (χ1) is 25.0.